The summed E-state index contributed by atoms with van der Waals surface area (Å²) in [4.78, 5) is 0. The minimum atomic E-state index is 0.207. The Labute approximate surface area is 102 Å². The molecule has 2 aromatic rings. The third-order valence-corrected chi connectivity index (χ3v) is 2.62. The van der Waals surface area contributed by atoms with Gasteiger partial charge >= 0.3 is 0 Å². The first-order chi connectivity index (χ1) is 8.40. The lowest BCUT2D eigenvalue weighted by molar-refractivity contribution is 0.303. The SMILES string of the molecule is OCC/C=C/c1ccc(-c2ccccc2)cc1. The van der Waals surface area contributed by atoms with E-state index in [4.69, 9.17) is 5.11 Å². The second kappa shape index (κ2) is 6.02. The number of hydrogen-bond donors (Lipinski definition) is 1. The van der Waals surface area contributed by atoms with Crippen molar-refractivity contribution < 1.29 is 5.11 Å². The predicted molar refractivity (Wildman–Crippen MR) is 72.6 cm³/mol. The minimum absolute atomic E-state index is 0.207. The summed E-state index contributed by atoms with van der Waals surface area (Å²) in [5.74, 6) is 0. The highest BCUT2D eigenvalue weighted by molar-refractivity contribution is 5.65. The average Bonchev–Trinajstić information content (AvgIpc) is 2.41. The topological polar surface area (TPSA) is 20.2 Å². The molecule has 0 bridgehead atoms. The molecular weight excluding hydrogens is 208 g/mol. The van der Waals surface area contributed by atoms with Gasteiger partial charge in [-0.15, -0.1) is 0 Å². The van der Waals surface area contributed by atoms with Crippen molar-refractivity contribution >= 4 is 6.08 Å². The lowest BCUT2D eigenvalue weighted by Crippen LogP contribution is -1.79. The van der Waals surface area contributed by atoms with Crippen molar-refractivity contribution in [2.75, 3.05) is 6.61 Å². The molecule has 0 aliphatic rings. The lowest BCUT2D eigenvalue weighted by atomic mass is 10.0. The Morgan fingerprint density at radius 1 is 0.824 bits per heavy atom. The number of aliphatic hydroxyl groups excluding tert-OH is 1. The minimum Gasteiger partial charge on any atom is -0.396 e. The highest BCUT2D eigenvalue weighted by atomic mass is 16.2. The van der Waals surface area contributed by atoms with Crippen molar-refractivity contribution in [3.05, 3.63) is 66.2 Å². The fraction of sp³-hybridized carbons (Fsp3) is 0.125. The van der Waals surface area contributed by atoms with E-state index in [0.29, 0.717) is 6.42 Å². The number of hydrogen-bond acceptors (Lipinski definition) is 1. The summed E-state index contributed by atoms with van der Waals surface area (Å²) in [5, 5.41) is 8.69. The zero-order chi connectivity index (χ0) is 11.9. The van der Waals surface area contributed by atoms with Crippen molar-refractivity contribution in [1.29, 1.82) is 0 Å². The van der Waals surface area contributed by atoms with E-state index in [0.717, 1.165) is 5.56 Å². The van der Waals surface area contributed by atoms with Gasteiger partial charge in [0.2, 0.25) is 0 Å². The van der Waals surface area contributed by atoms with Crippen LogP contribution < -0.4 is 0 Å². The Kier molecular flexibility index (Phi) is 4.11. The number of rotatable bonds is 4. The summed E-state index contributed by atoms with van der Waals surface area (Å²) in [6.07, 6.45) is 4.73. The fourth-order valence-corrected chi connectivity index (χ4v) is 1.71. The first-order valence-corrected chi connectivity index (χ1v) is 5.83. The maximum absolute atomic E-state index is 8.69. The monoisotopic (exact) mass is 224 g/mol. The van der Waals surface area contributed by atoms with Crippen molar-refractivity contribution in [2.24, 2.45) is 0 Å². The third-order valence-electron chi connectivity index (χ3n) is 2.62. The second-order valence-electron chi connectivity index (χ2n) is 3.90. The molecule has 0 radical (unpaired) electrons. The van der Waals surface area contributed by atoms with E-state index in [1.807, 2.05) is 30.4 Å². The Hall–Kier alpha value is -1.86. The van der Waals surface area contributed by atoms with E-state index in [9.17, 15) is 0 Å². The zero-order valence-corrected chi connectivity index (χ0v) is 9.71. The molecule has 0 saturated heterocycles. The molecular formula is C16H16O. The zero-order valence-electron chi connectivity index (χ0n) is 9.71. The van der Waals surface area contributed by atoms with Gasteiger partial charge in [0, 0.05) is 6.61 Å². The molecule has 0 spiro atoms. The van der Waals surface area contributed by atoms with E-state index in [1.165, 1.54) is 11.1 Å². The van der Waals surface area contributed by atoms with Gasteiger partial charge in [0.15, 0.2) is 0 Å². The summed E-state index contributed by atoms with van der Waals surface area (Å²) < 4.78 is 0. The molecule has 0 amide bonds. The molecule has 0 atom stereocenters. The van der Waals surface area contributed by atoms with Crippen LogP contribution >= 0.6 is 0 Å². The molecule has 0 aliphatic heterocycles. The van der Waals surface area contributed by atoms with Crippen LogP contribution in [0.3, 0.4) is 0 Å². The Bertz CT molecular complexity index is 469. The van der Waals surface area contributed by atoms with E-state index in [-0.39, 0.29) is 6.61 Å². The molecule has 0 aromatic heterocycles. The molecule has 17 heavy (non-hydrogen) atoms. The van der Waals surface area contributed by atoms with E-state index < -0.39 is 0 Å². The van der Waals surface area contributed by atoms with Gasteiger partial charge in [-0.2, -0.15) is 0 Å². The van der Waals surface area contributed by atoms with E-state index >= 15 is 0 Å². The van der Waals surface area contributed by atoms with Gasteiger partial charge < -0.3 is 5.11 Å². The van der Waals surface area contributed by atoms with Crippen LogP contribution in [-0.4, -0.2) is 11.7 Å². The van der Waals surface area contributed by atoms with Crippen LogP contribution in [0.5, 0.6) is 0 Å². The predicted octanol–water partition coefficient (Wildman–Crippen LogP) is 3.75. The molecule has 0 aliphatic carbocycles. The molecule has 0 saturated carbocycles. The quantitative estimate of drug-likeness (QED) is 0.838. The van der Waals surface area contributed by atoms with Crippen LogP contribution in [0.25, 0.3) is 17.2 Å². The largest absolute Gasteiger partial charge is 0.396 e. The lowest BCUT2D eigenvalue weighted by Gasteiger charge is -2.01. The van der Waals surface area contributed by atoms with Crippen molar-refractivity contribution in [3.63, 3.8) is 0 Å². The summed E-state index contributed by atoms with van der Waals surface area (Å²) in [6.45, 7) is 0.207. The van der Waals surface area contributed by atoms with Crippen LogP contribution in [0.4, 0.5) is 0 Å². The van der Waals surface area contributed by atoms with Crippen LogP contribution in [0.2, 0.25) is 0 Å². The summed E-state index contributed by atoms with van der Waals surface area (Å²) >= 11 is 0. The van der Waals surface area contributed by atoms with Crippen LogP contribution in [-0.2, 0) is 0 Å². The highest BCUT2D eigenvalue weighted by Crippen LogP contribution is 2.19. The third kappa shape index (κ3) is 3.30. The Morgan fingerprint density at radius 2 is 1.47 bits per heavy atom. The standard InChI is InChI=1S/C16H16O/c17-13-5-4-6-14-9-11-16(12-10-14)15-7-2-1-3-8-15/h1-4,6-12,17H,5,13H2/b6-4+. The van der Waals surface area contributed by atoms with Gasteiger partial charge in [0.05, 0.1) is 0 Å². The summed E-state index contributed by atoms with van der Waals surface area (Å²) in [5.41, 5.74) is 3.63. The first kappa shape index (κ1) is 11.6. The van der Waals surface area contributed by atoms with Gasteiger partial charge in [0.1, 0.15) is 0 Å². The van der Waals surface area contributed by atoms with Gasteiger partial charge in [0.25, 0.3) is 0 Å². The van der Waals surface area contributed by atoms with Crippen LogP contribution in [0, 0.1) is 0 Å². The smallest absolute Gasteiger partial charge is 0.0465 e. The van der Waals surface area contributed by atoms with Crippen molar-refractivity contribution in [1.82, 2.24) is 0 Å². The first-order valence-electron chi connectivity index (χ1n) is 5.83. The van der Waals surface area contributed by atoms with Crippen molar-refractivity contribution in [2.45, 2.75) is 6.42 Å². The average molecular weight is 224 g/mol. The van der Waals surface area contributed by atoms with Crippen LogP contribution in [0.1, 0.15) is 12.0 Å². The second-order valence-corrected chi connectivity index (χ2v) is 3.90. The normalized spacial score (nSPS) is 10.9. The van der Waals surface area contributed by atoms with Gasteiger partial charge in [-0.05, 0) is 23.1 Å². The summed E-state index contributed by atoms with van der Waals surface area (Å²) in [6, 6.07) is 18.8. The molecule has 1 heteroatoms. The van der Waals surface area contributed by atoms with Gasteiger partial charge in [-0.3, -0.25) is 0 Å². The molecule has 86 valence electrons. The molecule has 2 rings (SSSR count). The fourth-order valence-electron chi connectivity index (χ4n) is 1.71. The van der Waals surface area contributed by atoms with Crippen LogP contribution in [0.15, 0.2) is 60.7 Å². The highest BCUT2D eigenvalue weighted by Gasteiger charge is 1.95. The molecule has 1 nitrogen and oxygen atoms in total. The molecule has 1 N–H and O–H groups in total. The maximum atomic E-state index is 8.69. The summed E-state index contributed by atoms with van der Waals surface area (Å²) in [7, 11) is 0. The molecule has 0 heterocycles. The molecule has 2 aromatic carbocycles. The number of benzene rings is 2. The Balaban J connectivity index is 2.13. The van der Waals surface area contributed by atoms with E-state index in [1.54, 1.807) is 0 Å². The van der Waals surface area contributed by atoms with Crippen molar-refractivity contribution in [3.8, 4) is 11.1 Å². The molecule has 0 fully saturated rings. The van der Waals surface area contributed by atoms with E-state index in [2.05, 4.69) is 36.4 Å². The molecule has 0 unspecified atom stereocenters. The van der Waals surface area contributed by atoms with Gasteiger partial charge in [-0.25, -0.2) is 0 Å². The van der Waals surface area contributed by atoms with Gasteiger partial charge in [-0.1, -0.05) is 66.7 Å². The number of aliphatic hydroxyl groups is 1. The Morgan fingerprint density at radius 3 is 2.12 bits per heavy atom. The maximum Gasteiger partial charge on any atom is 0.0465 e.